The summed E-state index contributed by atoms with van der Waals surface area (Å²) in [5, 5.41) is 3.74. The summed E-state index contributed by atoms with van der Waals surface area (Å²) in [5.41, 5.74) is 1.11. The van der Waals surface area contributed by atoms with E-state index in [1.165, 1.54) is 12.1 Å². The van der Waals surface area contributed by atoms with Crippen molar-refractivity contribution in [3.8, 4) is 0 Å². The second-order valence-corrected chi connectivity index (χ2v) is 4.06. The third-order valence-corrected chi connectivity index (χ3v) is 2.73. The van der Waals surface area contributed by atoms with E-state index in [4.69, 9.17) is 0 Å². The van der Waals surface area contributed by atoms with Gasteiger partial charge in [0.15, 0.2) is 0 Å². The Morgan fingerprint density at radius 1 is 1.36 bits per heavy atom. The molecule has 0 spiro atoms. The van der Waals surface area contributed by atoms with Crippen LogP contribution in [0.15, 0.2) is 24.3 Å². The predicted molar refractivity (Wildman–Crippen MR) is 71.6 cm³/mol. The minimum absolute atomic E-state index is 0. The fourth-order valence-corrected chi connectivity index (χ4v) is 1.20. The molecule has 80 valence electrons. The molecule has 1 aromatic rings. The van der Waals surface area contributed by atoms with E-state index < -0.39 is 0 Å². The first-order valence-electron chi connectivity index (χ1n) is 4.23. The van der Waals surface area contributed by atoms with Gasteiger partial charge >= 0.3 is 0 Å². The van der Waals surface area contributed by atoms with E-state index in [-0.39, 0.29) is 29.8 Å². The van der Waals surface area contributed by atoms with Crippen LogP contribution in [0.1, 0.15) is 12.5 Å². The van der Waals surface area contributed by atoms with Gasteiger partial charge in [-0.15, -0.1) is 35.7 Å². The van der Waals surface area contributed by atoms with Crippen LogP contribution < -0.4 is 5.32 Å². The van der Waals surface area contributed by atoms with Crippen molar-refractivity contribution in [3.63, 3.8) is 0 Å². The maximum atomic E-state index is 12.5. The Morgan fingerprint density at radius 2 is 1.93 bits per heavy atom. The van der Waals surface area contributed by atoms with E-state index in [1.807, 2.05) is 0 Å². The van der Waals surface area contributed by atoms with Crippen molar-refractivity contribution in [2.75, 3.05) is 6.26 Å². The van der Waals surface area contributed by atoms with E-state index in [2.05, 4.69) is 18.5 Å². The van der Waals surface area contributed by atoms with Crippen molar-refractivity contribution in [1.82, 2.24) is 5.32 Å². The van der Waals surface area contributed by atoms with Gasteiger partial charge in [-0.2, -0.15) is 0 Å². The van der Waals surface area contributed by atoms with Crippen LogP contribution in [0.3, 0.4) is 0 Å². The zero-order valence-electron chi connectivity index (χ0n) is 8.29. The number of thioether (sulfide) groups is 1. The van der Waals surface area contributed by atoms with Crippen LogP contribution >= 0.6 is 35.7 Å². The number of hydrogen-bond donors (Lipinski definition) is 1. The first kappa shape index (κ1) is 14.2. The van der Waals surface area contributed by atoms with Gasteiger partial charge in [0, 0.05) is 6.54 Å². The molecule has 1 nitrogen and oxygen atoms in total. The molecule has 1 atom stereocenters. The summed E-state index contributed by atoms with van der Waals surface area (Å²) >= 11 is 1.76. The molecular weight excluding hydrogens is 312 g/mol. The predicted octanol–water partition coefficient (Wildman–Crippen LogP) is 3.24. The topological polar surface area (TPSA) is 12.0 Å². The van der Waals surface area contributed by atoms with Crippen molar-refractivity contribution >= 4 is 35.7 Å². The summed E-state index contributed by atoms with van der Waals surface area (Å²) in [6.45, 7) is 2.90. The molecule has 14 heavy (non-hydrogen) atoms. The van der Waals surface area contributed by atoms with Crippen molar-refractivity contribution in [3.05, 3.63) is 35.6 Å². The lowest BCUT2D eigenvalue weighted by Gasteiger charge is -2.10. The lowest BCUT2D eigenvalue weighted by molar-refractivity contribution is 0.625. The van der Waals surface area contributed by atoms with Gasteiger partial charge in [-0.05, 0) is 30.9 Å². The van der Waals surface area contributed by atoms with Gasteiger partial charge in [0.1, 0.15) is 5.82 Å². The third kappa shape index (κ3) is 5.17. The summed E-state index contributed by atoms with van der Waals surface area (Å²) in [5.74, 6) is -0.179. The van der Waals surface area contributed by atoms with E-state index in [0.717, 1.165) is 12.1 Å². The van der Waals surface area contributed by atoms with Crippen LogP contribution in [0.25, 0.3) is 0 Å². The lowest BCUT2D eigenvalue weighted by Crippen LogP contribution is -2.21. The molecule has 0 fully saturated rings. The average Bonchev–Trinajstić information content (AvgIpc) is 2.16. The number of rotatable bonds is 4. The van der Waals surface area contributed by atoms with Gasteiger partial charge in [0.05, 0.1) is 5.37 Å². The Labute approximate surface area is 106 Å². The SMILES string of the molecule is CSC(C)NCc1ccc(F)cc1.I. The summed E-state index contributed by atoms with van der Waals surface area (Å²) in [7, 11) is 0. The Hall–Kier alpha value is 0.190. The van der Waals surface area contributed by atoms with Crippen LogP contribution in [-0.2, 0) is 6.54 Å². The minimum atomic E-state index is -0.179. The van der Waals surface area contributed by atoms with Gasteiger partial charge in [-0.3, -0.25) is 0 Å². The van der Waals surface area contributed by atoms with E-state index in [9.17, 15) is 4.39 Å². The molecule has 1 rings (SSSR count). The van der Waals surface area contributed by atoms with E-state index in [0.29, 0.717) is 5.37 Å². The van der Waals surface area contributed by atoms with Crippen molar-refractivity contribution < 1.29 is 4.39 Å². The fraction of sp³-hybridized carbons (Fsp3) is 0.400. The standard InChI is InChI=1S/C10H14FNS.HI/c1-8(13-2)12-7-9-3-5-10(11)6-4-9;/h3-6,8,12H,7H2,1-2H3;1H. The lowest BCUT2D eigenvalue weighted by atomic mass is 10.2. The summed E-state index contributed by atoms with van der Waals surface area (Å²) in [4.78, 5) is 0. The monoisotopic (exact) mass is 327 g/mol. The zero-order valence-corrected chi connectivity index (χ0v) is 11.4. The molecule has 0 radical (unpaired) electrons. The molecule has 0 aliphatic heterocycles. The van der Waals surface area contributed by atoms with Gasteiger partial charge < -0.3 is 5.32 Å². The molecule has 0 aliphatic rings. The smallest absolute Gasteiger partial charge is 0.123 e. The van der Waals surface area contributed by atoms with Crippen LogP contribution in [0.4, 0.5) is 4.39 Å². The molecule has 0 aromatic heterocycles. The maximum Gasteiger partial charge on any atom is 0.123 e. The Bertz CT molecular complexity index is 253. The summed E-state index contributed by atoms with van der Waals surface area (Å²) in [6.07, 6.45) is 2.06. The Balaban J connectivity index is 0.00000169. The van der Waals surface area contributed by atoms with Crippen LogP contribution in [0.5, 0.6) is 0 Å². The Morgan fingerprint density at radius 3 is 2.43 bits per heavy atom. The second-order valence-electron chi connectivity index (χ2n) is 2.89. The largest absolute Gasteiger partial charge is 0.301 e. The molecule has 0 bridgehead atoms. The molecule has 1 aromatic carbocycles. The van der Waals surface area contributed by atoms with Crippen LogP contribution in [0.2, 0.25) is 0 Å². The molecule has 4 heteroatoms. The molecule has 0 saturated carbocycles. The fourth-order valence-electron chi connectivity index (χ4n) is 0.947. The minimum Gasteiger partial charge on any atom is -0.301 e. The van der Waals surface area contributed by atoms with Crippen molar-refractivity contribution in [2.45, 2.75) is 18.8 Å². The number of nitrogens with one attached hydrogen (secondary N) is 1. The van der Waals surface area contributed by atoms with Crippen molar-refractivity contribution in [2.24, 2.45) is 0 Å². The highest BCUT2D eigenvalue weighted by Gasteiger charge is 1.98. The van der Waals surface area contributed by atoms with Crippen molar-refractivity contribution in [1.29, 1.82) is 0 Å². The molecular formula is C10H15FINS. The van der Waals surface area contributed by atoms with E-state index in [1.54, 1.807) is 23.9 Å². The number of benzene rings is 1. The van der Waals surface area contributed by atoms with Crippen LogP contribution in [0, 0.1) is 5.82 Å². The highest BCUT2D eigenvalue weighted by Crippen LogP contribution is 2.05. The summed E-state index contributed by atoms with van der Waals surface area (Å²) in [6, 6.07) is 6.58. The van der Waals surface area contributed by atoms with Crippen LogP contribution in [-0.4, -0.2) is 11.6 Å². The van der Waals surface area contributed by atoms with E-state index >= 15 is 0 Å². The van der Waals surface area contributed by atoms with Gasteiger partial charge in [-0.1, -0.05) is 12.1 Å². The molecule has 0 saturated heterocycles. The molecule has 1 N–H and O–H groups in total. The third-order valence-electron chi connectivity index (χ3n) is 1.86. The van der Waals surface area contributed by atoms with Gasteiger partial charge in [0.25, 0.3) is 0 Å². The maximum absolute atomic E-state index is 12.5. The quantitative estimate of drug-likeness (QED) is 0.673. The Kier molecular flexibility index (Phi) is 7.58. The first-order valence-corrected chi connectivity index (χ1v) is 5.52. The summed E-state index contributed by atoms with van der Waals surface area (Å²) < 4.78 is 12.5. The number of halogens is 2. The molecule has 0 amide bonds. The van der Waals surface area contributed by atoms with Gasteiger partial charge in [-0.25, -0.2) is 4.39 Å². The first-order chi connectivity index (χ1) is 6.22. The molecule has 0 heterocycles. The average molecular weight is 327 g/mol. The zero-order chi connectivity index (χ0) is 9.68. The normalized spacial score (nSPS) is 11.9. The van der Waals surface area contributed by atoms with Gasteiger partial charge in [0.2, 0.25) is 0 Å². The second kappa shape index (κ2) is 7.48. The molecule has 1 unspecified atom stereocenters. The number of hydrogen-bond acceptors (Lipinski definition) is 2. The highest BCUT2D eigenvalue weighted by atomic mass is 127. The molecule has 0 aliphatic carbocycles. The highest BCUT2D eigenvalue weighted by molar-refractivity contribution is 14.0.